The Morgan fingerprint density at radius 1 is 1.30 bits per heavy atom. The van der Waals surface area contributed by atoms with Crippen molar-refractivity contribution in [2.45, 2.75) is 26.1 Å². The fourth-order valence-corrected chi connectivity index (χ4v) is 2.70. The van der Waals surface area contributed by atoms with E-state index in [9.17, 15) is 14.7 Å². The Kier molecular flexibility index (Phi) is 4.29. The van der Waals surface area contributed by atoms with E-state index in [4.69, 9.17) is 9.84 Å². The van der Waals surface area contributed by atoms with Crippen molar-refractivity contribution < 1.29 is 24.5 Å². The second-order valence-corrected chi connectivity index (χ2v) is 5.38. The maximum Gasteiger partial charge on any atom is 0.337 e. The summed E-state index contributed by atoms with van der Waals surface area (Å²) in [6, 6.07) is 0. The van der Waals surface area contributed by atoms with Crippen molar-refractivity contribution in [3.8, 4) is 0 Å². The first kappa shape index (κ1) is 14.8. The lowest BCUT2D eigenvalue weighted by atomic mass is 10.2. The summed E-state index contributed by atoms with van der Waals surface area (Å²) in [6.07, 6.45) is 0.295. The minimum atomic E-state index is -1.24. The number of amides is 1. The van der Waals surface area contributed by atoms with Crippen molar-refractivity contribution in [2.24, 2.45) is 0 Å². The molecule has 0 spiro atoms. The molecule has 1 fully saturated rings. The topological polar surface area (TPSA) is 90.3 Å². The third-order valence-corrected chi connectivity index (χ3v) is 3.56. The van der Waals surface area contributed by atoms with Crippen molar-refractivity contribution in [1.29, 1.82) is 0 Å². The Morgan fingerprint density at radius 3 is 2.40 bits per heavy atom. The molecule has 0 bridgehead atoms. The summed E-state index contributed by atoms with van der Waals surface area (Å²) in [6.45, 7) is 6.59. The minimum absolute atomic E-state index is 0.0323. The van der Waals surface area contributed by atoms with Crippen LogP contribution in [0.3, 0.4) is 0 Å². The monoisotopic (exact) mass is 284 g/mol. The first-order chi connectivity index (χ1) is 9.38. The molecule has 1 saturated heterocycles. The highest BCUT2D eigenvalue weighted by molar-refractivity contribution is 6.04. The van der Waals surface area contributed by atoms with E-state index >= 15 is 0 Å². The van der Waals surface area contributed by atoms with Gasteiger partial charge in [-0.3, -0.25) is 9.69 Å². The molecule has 7 nitrogen and oxygen atoms in total. The molecule has 0 aromatic carbocycles. The predicted molar refractivity (Wildman–Crippen MR) is 70.3 cm³/mol. The van der Waals surface area contributed by atoms with Crippen LogP contribution in [0.5, 0.6) is 0 Å². The van der Waals surface area contributed by atoms with E-state index < -0.39 is 17.6 Å². The molecule has 1 amide bonds. The highest BCUT2D eigenvalue weighted by Gasteiger charge is 2.34. The molecule has 2 rings (SSSR count). The van der Waals surface area contributed by atoms with Crippen molar-refractivity contribution in [3.05, 3.63) is 11.3 Å². The number of ether oxygens (including phenoxy) is 1. The number of aliphatic hydroxyl groups excluding tert-OH is 1. The molecule has 7 heteroatoms. The normalized spacial score (nSPS) is 28.3. The third kappa shape index (κ3) is 3.10. The summed E-state index contributed by atoms with van der Waals surface area (Å²) in [5, 5.41) is 18.4. The summed E-state index contributed by atoms with van der Waals surface area (Å²) < 4.78 is 5.63. The van der Waals surface area contributed by atoms with Gasteiger partial charge in [0.1, 0.15) is 5.57 Å². The first-order valence-corrected chi connectivity index (χ1v) is 6.71. The minimum Gasteiger partial charge on any atom is -0.503 e. The summed E-state index contributed by atoms with van der Waals surface area (Å²) in [7, 11) is 0. The van der Waals surface area contributed by atoms with Gasteiger partial charge in [-0.15, -0.1) is 0 Å². The number of aliphatic carboxylic acids is 1. The van der Waals surface area contributed by atoms with E-state index in [2.05, 4.69) is 4.90 Å². The molecule has 2 aliphatic heterocycles. The Balaban J connectivity index is 1.87. The number of carbonyl (C=O) groups excluding carboxylic acids is 1. The fraction of sp³-hybridized carbons (Fsp3) is 0.692. The molecule has 20 heavy (non-hydrogen) atoms. The van der Waals surface area contributed by atoms with Crippen LogP contribution in [-0.2, 0) is 14.3 Å². The molecule has 0 aromatic rings. The Hall–Kier alpha value is -1.60. The molecular weight excluding hydrogens is 264 g/mol. The zero-order chi connectivity index (χ0) is 14.9. The van der Waals surface area contributed by atoms with Crippen LogP contribution >= 0.6 is 0 Å². The highest BCUT2D eigenvalue weighted by Crippen LogP contribution is 2.17. The molecular formula is C13H20N2O5. The number of rotatable bonds is 4. The van der Waals surface area contributed by atoms with Gasteiger partial charge >= 0.3 is 5.97 Å². The number of morpholine rings is 1. The molecule has 0 aliphatic carbocycles. The second kappa shape index (κ2) is 5.80. The average Bonchev–Trinajstić information content (AvgIpc) is 2.63. The molecule has 0 aromatic heterocycles. The molecule has 0 radical (unpaired) electrons. The van der Waals surface area contributed by atoms with Gasteiger partial charge in [0.05, 0.1) is 18.8 Å². The van der Waals surface area contributed by atoms with Crippen LogP contribution in [0.4, 0.5) is 0 Å². The van der Waals surface area contributed by atoms with E-state index in [1.54, 1.807) is 0 Å². The van der Waals surface area contributed by atoms with Crippen molar-refractivity contribution in [3.63, 3.8) is 0 Å². The van der Waals surface area contributed by atoms with Gasteiger partial charge < -0.3 is 19.8 Å². The lowest BCUT2D eigenvalue weighted by Crippen LogP contribution is -2.48. The number of carboxylic acids is 1. The van der Waals surface area contributed by atoms with Gasteiger partial charge in [-0.1, -0.05) is 0 Å². The zero-order valence-electron chi connectivity index (χ0n) is 11.7. The van der Waals surface area contributed by atoms with Crippen LogP contribution in [0, 0.1) is 0 Å². The number of carboxylic acid groups (broad SMARTS) is 1. The zero-order valence-corrected chi connectivity index (χ0v) is 11.7. The van der Waals surface area contributed by atoms with Gasteiger partial charge in [-0.2, -0.15) is 0 Å². The van der Waals surface area contributed by atoms with Gasteiger partial charge in [0, 0.05) is 26.2 Å². The molecule has 2 unspecified atom stereocenters. The van der Waals surface area contributed by atoms with E-state index in [1.165, 1.54) is 4.90 Å². The van der Waals surface area contributed by atoms with E-state index in [-0.39, 0.29) is 24.3 Å². The van der Waals surface area contributed by atoms with Crippen molar-refractivity contribution in [1.82, 2.24) is 9.80 Å². The van der Waals surface area contributed by atoms with E-state index in [1.807, 2.05) is 13.8 Å². The summed E-state index contributed by atoms with van der Waals surface area (Å²) in [5.41, 5.74) is -0.223. The number of nitrogens with zero attached hydrogens (tertiary/aromatic N) is 2. The first-order valence-electron chi connectivity index (χ1n) is 6.71. The Labute approximate surface area is 117 Å². The summed E-state index contributed by atoms with van der Waals surface area (Å²) in [4.78, 5) is 26.2. The lowest BCUT2D eigenvalue weighted by Gasteiger charge is -2.36. The molecule has 2 heterocycles. The molecule has 112 valence electrons. The van der Waals surface area contributed by atoms with Crippen LogP contribution in [0.25, 0.3) is 0 Å². The van der Waals surface area contributed by atoms with Crippen molar-refractivity contribution in [2.75, 3.05) is 32.7 Å². The van der Waals surface area contributed by atoms with Crippen LogP contribution < -0.4 is 0 Å². The van der Waals surface area contributed by atoms with Crippen LogP contribution in [-0.4, -0.2) is 76.8 Å². The van der Waals surface area contributed by atoms with Crippen molar-refractivity contribution >= 4 is 11.9 Å². The van der Waals surface area contributed by atoms with Gasteiger partial charge in [0.2, 0.25) is 0 Å². The summed E-state index contributed by atoms with van der Waals surface area (Å²) in [5.74, 6) is -2.48. The van der Waals surface area contributed by atoms with E-state index in [0.29, 0.717) is 13.1 Å². The highest BCUT2D eigenvalue weighted by atomic mass is 16.5. The predicted octanol–water partition coefficient (Wildman–Crippen LogP) is -0.165. The standard InChI is InChI=1S/C13H20N2O5/c1-8-5-14(6-9(2)20-8)3-4-15-7-10(13(18)19)11(16)12(15)17/h8-9,16H,3-7H2,1-2H3,(H,18,19). The lowest BCUT2D eigenvalue weighted by molar-refractivity contribution is -0.133. The maximum absolute atomic E-state index is 11.7. The number of aliphatic hydroxyl groups is 1. The number of hydrogen-bond acceptors (Lipinski definition) is 5. The van der Waals surface area contributed by atoms with Crippen LogP contribution in [0.2, 0.25) is 0 Å². The number of carbonyl (C=O) groups is 2. The van der Waals surface area contributed by atoms with Gasteiger partial charge in [-0.25, -0.2) is 4.79 Å². The largest absolute Gasteiger partial charge is 0.503 e. The second-order valence-electron chi connectivity index (χ2n) is 5.38. The van der Waals surface area contributed by atoms with Crippen LogP contribution in [0.1, 0.15) is 13.8 Å². The van der Waals surface area contributed by atoms with Crippen LogP contribution in [0.15, 0.2) is 11.3 Å². The molecule has 2 N–H and O–H groups in total. The average molecular weight is 284 g/mol. The molecule has 2 atom stereocenters. The fourth-order valence-electron chi connectivity index (χ4n) is 2.70. The maximum atomic E-state index is 11.7. The van der Waals surface area contributed by atoms with Gasteiger partial charge in [0.15, 0.2) is 5.76 Å². The van der Waals surface area contributed by atoms with Gasteiger partial charge in [0.25, 0.3) is 5.91 Å². The summed E-state index contributed by atoms with van der Waals surface area (Å²) >= 11 is 0. The van der Waals surface area contributed by atoms with E-state index in [0.717, 1.165) is 13.1 Å². The quantitative estimate of drug-likeness (QED) is 0.745. The van der Waals surface area contributed by atoms with Gasteiger partial charge in [-0.05, 0) is 13.8 Å². The smallest absolute Gasteiger partial charge is 0.337 e. The SMILES string of the molecule is CC1CN(CCN2CC(C(=O)O)=C(O)C2=O)CC(C)O1. The Bertz CT molecular complexity index is 438. The Morgan fingerprint density at radius 2 is 1.90 bits per heavy atom. The third-order valence-electron chi connectivity index (χ3n) is 3.56. The number of hydrogen-bond donors (Lipinski definition) is 2. The molecule has 0 saturated carbocycles. The molecule has 2 aliphatic rings.